The molecule has 0 bridgehead atoms. The summed E-state index contributed by atoms with van der Waals surface area (Å²) in [5.41, 5.74) is 0. The van der Waals surface area contributed by atoms with Crippen LogP contribution in [0.5, 0.6) is 0 Å². The van der Waals surface area contributed by atoms with Gasteiger partial charge in [0.2, 0.25) is 0 Å². The van der Waals surface area contributed by atoms with Crippen molar-refractivity contribution in [2.45, 2.75) is 25.7 Å². The SMILES string of the molecule is C1COCC(CNCC2CC2)C1. The number of rotatable bonds is 4. The molecule has 1 saturated carbocycles. The summed E-state index contributed by atoms with van der Waals surface area (Å²) in [6.07, 6.45) is 5.52. The fourth-order valence-electron chi connectivity index (χ4n) is 1.78. The van der Waals surface area contributed by atoms with Gasteiger partial charge in [-0.25, -0.2) is 0 Å². The van der Waals surface area contributed by atoms with Gasteiger partial charge in [-0.1, -0.05) is 0 Å². The average molecular weight is 169 g/mol. The molecule has 2 heteroatoms. The molecule has 1 unspecified atom stereocenters. The molecular weight excluding hydrogens is 150 g/mol. The molecule has 70 valence electrons. The highest BCUT2D eigenvalue weighted by Crippen LogP contribution is 2.27. The Labute approximate surface area is 74.7 Å². The van der Waals surface area contributed by atoms with Crippen LogP contribution in [0.1, 0.15) is 25.7 Å². The Morgan fingerprint density at radius 2 is 1.92 bits per heavy atom. The van der Waals surface area contributed by atoms with Crippen molar-refractivity contribution in [3.63, 3.8) is 0 Å². The lowest BCUT2D eigenvalue weighted by Gasteiger charge is -2.22. The van der Waals surface area contributed by atoms with Crippen molar-refractivity contribution >= 4 is 0 Å². The van der Waals surface area contributed by atoms with Crippen molar-refractivity contribution in [3.8, 4) is 0 Å². The second-order valence-corrected chi connectivity index (χ2v) is 4.18. The van der Waals surface area contributed by atoms with E-state index in [4.69, 9.17) is 4.74 Å². The molecule has 1 aliphatic carbocycles. The molecule has 0 aromatic carbocycles. The fraction of sp³-hybridized carbons (Fsp3) is 1.00. The van der Waals surface area contributed by atoms with Gasteiger partial charge in [-0.3, -0.25) is 0 Å². The van der Waals surface area contributed by atoms with Crippen molar-refractivity contribution in [1.82, 2.24) is 5.32 Å². The van der Waals surface area contributed by atoms with Crippen LogP contribution in [0.2, 0.25) is 0 Å². The van der Waals surface area contributed by atoms with E-state index < -0.39 is 0 Å². The van der Waals surface area contributed by atoms with Crippen LogP contribution in [0, 0.1) is 11.8 Å². The average Bonchev–Trinajstić information content (AvgIpc) is 2.90. The Morgan fingerprint density at radius 1 is 1.08 bits per heavy atom. The van der Waals surface area contributed by atoms with E-state index in [1.807, 2.05) is 0 Å². The second kappa shape index (κ2) is 4.24. The molecule has 0 aromatic heterocycles. The first-order valence-corrected chi connectivity index (χ1v) is 5.23. The van der Waals surface area contributed by atoms with Crippen LogP contribution in [0.4, 0.5) is 0 Å². The molecule has 1 saturated heterocycles. The third-order valence-electron chi connectivity index (χ3n) is 2.82. The molecule has 2 aliphatic rings. The van der Waals surface area contributed by atoms with Crippen LogP contribution >= 0.6 is 0 Å². The Balaban J connectivity index is 1.52. The van der Waals surface area contributed by atoms with Crippen molar-refractivity contribution in [1.29, 1.82) is 0 Å². The van der Waals surface area contributed by atoms with Crippen LogP contribution in [-0.2, 0) is 4.74 Å². The lowest BCUT2D eigenvalue weighted by Crippen LogP contribution is -2.30. The summed E-state index contributed by atoms with van der Waals surface area (Å²) in [7, 11) is 0. The maximum atomic E-state index is 5.42. The Morgan fingerprint density at radius 3 is 2.58 bits per heavy atom. The summed E-state index contributed by atoms with van der Waals surface area (Å²) >= 11 is 0. The number of nitrogens with one attached hydrogen (secondary N) is 1. The van der Waals surface area contributed by atoms with E-state index in [0.717, 1.165) is 25.0 Å². The predicted molar refractivity (Wildman–Crippen MR) is 49.1 cm³/mol. The molecule has 0 aromatic rings. The molecule has 1 N–H and O–H groups in total. The standard InChI is InChI=1S/C10H19NO/c1-2-10(8-12-5-1)7-11-6-9-3-4-9/h9-11H,1-8H2. The molecule has 0 radical (unpaired) electrons. The highest BCUT2D eigenvalue weighted by atomic mass is 16.5. The summed E-state index contributed by atoms with van der Waals surface area (Å²) in [5.74, 6) is 1.80. The molecule has 2 nitrogen and oxygen atoms in total. The van der Waals surface area contributed by atoms with Crippen LogP contribution in [-0.4, -0.2) is 26.3 Å². The predicted octanol–water partition coefficient (Wildman–Crippen LogP) is 1.41. The smallest absolute Gasteiger partial charge is 0.0506 e. The first-order chi connectivity index (χ1) is 5.95. The number of hydrogen-bond acceptors (Lipinski definition) is 2. The van der Waals surface area contributed by atoms with Crippen LogP contribution in [0.15, 0.2) is 0 Å². The van der Waals surface area contributed by atoms with E-state index in [1.165, 1.54) is 38.8 Å². The molecule has 0 amide bonds. The van der Waals surface area contributed by atoms with Gasteiger partial charge in [0.25, 0.3) is 0 Å². The van der Waals surface area contributed by atoms with Gasteiger partial charge in [0, 0.05) is 13.2 Å². The van der Waals surface area contributed by atoms with Crippen LogP contribution in [0.25, 0.3) is 0 Å². The summed E-state index contributed by atoms with van der Waals surface area (Å²) in [6.45, 7) is 4.39. The maximum absolute atomic E-state index is 5.42. The summed E-state index contributed by atoms with van der Waals surface area (Å²) < 4.78 is 5.42. The number of hydrogen-bond donors (Lipinski definition) is 1. The van der Waals surface area contributed by atoms with Gasteiger partial charge in [-0.05, 0) is 44.1 Å². The third-order valence-corrected chi connectivity index (χ3v) is 2.82. The summed E-state index contributed by atoms with van der Waals surface area (Å²) in [4.78, 5) is 0. The zero-order valence-electron chi connectivity index (χ0n) is 7.72. The highest BCUT2D eigenvalue weighted by Gasteiger charge is 2.21. The van der Waals surface area contributed by atoms with Gasteiger partial charge in [0.05, 0.1) is 6.61 Å². The van der Waals surface area contributed by atoms with Crippen molar-refractivity contribution in [2.24, 2.45) is 11.8 Å². The van der Waals surface area contributed by atoms with Gasteiger partial charge >= 0.3 is 0 Å². The lowest BCUT2D eigenvalue weighted by atomic mass is 10.0. The van der Waals surface area contributed by atoms with Gasteiger partial charge in [0.1, 0.15) is 0 Å². The van der Waals surface area contributed by atoms with Crippen molar-refractivity contribution in [3.05, 3.63) is 0 Å². The summed E-state index contributed by atoms with van der Waals surface area (Å²) in [6, 6.07) is 0. The Kier molecular flexibility index (Phi) is 3.01. The van der Waals surface area contributed by atoms with Gasteiger partial charge in [-0.15, -0.1) is 0 Å². The van der Waals surface area contributed by atoms with Gasteiger partial charge < -0.3 is 10.1 Å². The normalized spacial score (nSPS) is 30.5. The monoisotopic (exact) mass is 169 g/mol. The Bertz CT molecular complexity index is 128. The van der Waals surface area contributed by atoms with E-state index in [1.54, 1.807) is 0 Å². The topological polar surface area (TPSA) is 21.3 Å². The minimum Gasteiger partial charge on any atom is -0.381 e. The molecule has 1 heterocycles. The van der Waals surface area contributed by atoms with Crippen LogP contribution in [0.3, 0.4) is 0 Å². The number of ether oxygens (including phenoxy) is 1. The second-order valence-electron chi connectivity index (χ2n) is 4.18. The van der Waals surface area contributed by atoms with E-state index >= 15 is 0 Å². The Hall–Kier alpha value is -0.0800. The molecule has 1 aliphatic heterocycles. The quantitative estimate of drug-likeness (QED) is 0.687. The fourth-order valence-corrected chi connectivity index (χ4v) is 1.78. The largest absolute Gasteiger partial charge is 0.381 e. The minimum absolute atomic E-state index is 0.789. The van der Waals surface area contributed by atoms with Gasteiger partial charge in [0.15, 0.2) is 0 Å². The molecule has 1 atom stereocenters. The maximum Gasteiger partial charge on any atom is 0.0506 e. The summed E-state index contributed by atoms with van der Waals surface area (Å²) in [5, 5.41) is 3.54. The molecule has 0 spiro atoms. The van der Waals surface area contributed by atoms with Gasteiger partial charge in [-0.2, -0.15) is 0 Å². The van der Waals surface area contributed by atoms with Crippen LogP contribution < -0.4 is 5.32 Å². The minimum atomic E-state index is 0.789. The van der Waals surface area contributed by atoms with Crippen molar-refractivity contribution < 1.29 is 4.74 Å². The highest BCUT2D eigenvalue weighted by molar-refractivity contribution is 4.76. The molecule has 2 rings (SSSR count). The zero-order valence-corrected chi connectivity index (χ0v) is 7.72. The molecule has 2 fully saturated rings. The van der Waals surface area contributed by atoms with Crippen molar-refractivity contribution in [2.75, 3.05) is 26.3 Å². The first-order valence-electron chi connectivity index (χ1n) is 5.23. The first kappa shape index (κ1) is 8.52. The van der Waals surface area contributed by atoms with E-state index in [2.05, 4.69) is 5.32 Å². The molecular formula is C10H19NO. The van der Waals surface area contributed by atoms with E-state index in [9.17, 15) is 0 Å². The van der Waals surface area contributed by atoms with E-state index in [-0.39, 0.29) is 0 Å². The molecule has 12 heavy (non-hydrogen) atoms. The van der Waals surface area contributed by atoms with E-state index in [0.29, 0.717) is 0 Å². The zero-order chi connectivity index (χ0) is 8.23. The lowest BCUT2D eigenvalue weighted by molar-refractivity contribution is 0.0548. The third kappa shape index (κ3) is 2.76.